The molecule has 0 bridgehead atoms. The molecule has 0 amide bonds. The molecule has 2 rings (SSSR count). The summed E-state index contributed by atoms with van der Waals surface area (Å²) in [6.07, 6.45) is 16.5. The maximum atomic E-state index is 12.6. The van der Waals surface area contributed by atoms with Crippen molar-refractivity contribution in [3.63, 3.8) is 0 Å². The van der Waals surface area contributed by atoms with Crippen molar-refractivity contribution in [2.45, 2.75) is 83.7 Å². The number of ether oxygens (including phenoxy) is 1. The van der Waals surface area contributed by atoms with Gasteiger partial charge in [-0.3, -0.25) is 4.79 Å². The molecule has 2 aliphatic carbocycles. The maximum Gasteiger partial charge on any atom is 0.309 e. The standard InChI is InChI=1S/C22H32FNO2/c1-2-17-8-12-19(13-9-17)22(25)26-21-14-10-18(11-15-21)6-4-3-5-7-20(23)16-24/h3,5,7,17-19,21H,2,4,6,8-15H2,1H3/t17-,18-,19-,21-. The average molecular weight is 362 g/mol. The molecule has 2 saturated carbocycles. The van der Waals surface area contributed by atoms with E-state index in [0.717, 1.165) is 57.3 Å². The second-order valence-electron chi connectivity index (χ2n) is 7.84. The number of carbonyl (C=O) groups is 1. The summed E-state index contributed by atoms with van der Waals surface area (Å²) in [5, 5.41) is 8.33. The Morgan fingerprint density at radius 2 is 1.77 bits per heavy atom. The van der Waals surface area contributed by atoms with Gasteiger partial charge in [0.25, 0.3) is 0 Å². The van der Waals surface area contributed by atoms with E-state index in [0.29, 0.717) is 5.92 Å². The first-order chi connectivity index (χ1) is 12.6. The van der Waals surface area contributed by atoms with E-state index < -0.39 is 5.83 Å². The largest absolute Gasteiger partial charge is 0.462 e. The molecular weight excluding hydrogens is 329 g/mol. The molecule has 0 unspecified atom stereocenters. The van der Waals surface area contributed by atoms with Crippen molar-refractivity contribution in [3.05, 3.63) is 24.1 Å². The summed E-state index contributed by atoms with van der Waals surface area (Å²) in [5.41, 5.74) is 0. The number of rotatable bonds is 7. The van der Waals surface area contributed by atoms with Crippen molar-refractivity contribution >= 4 is 5.97 Å². The van der Waals surface area contributed by atoms with E-state index in [1.807, 2.05) is 6.08 Å². The van der Waals surface area contributed by atoms with Crippen LogP contribution >= 0.6 is 0 Å². The summed E-state index contributed by atoms with van der Waals surface area (Å²) in [6.45, 7) is 2.23. The summed E-state index contributed by atoms with van der Waals surface area (Å²) in [7, 11) is 0. The van der Waals surface area contributed by atoms with Crippen LogP contribution in [0.5, 0.6) is 0 Å². The minimum Gasteiger partial charge on any atom is -0.462 e. The molecule has 2 aliphatic rings. The number of nitrogens with zero attached hydrogens (tertiary/aromatic N) is 1. The van der Waals surface area contributed by atoms with E-state index in [2.05, 4.69) is 6.92 Å². The molecule has 0 saturated heterocycles. The zero-order valence-corrected chi connectivity index (χ0v) is 16.0. The predicted octanol–water partition coefficient (Wildman–Crippen LogP) is 6.02. The Balaban J connectivity index is 1.61. The predicted molar refractivity (Wildman–Crippen MR) is 101 cm³/mol. The lowest BCUT2D eigenvalue weighted by atomic mass is 9.80. The first-order valence-corrected chi connectivity index (χ1v) is 10.2. The van der Waals surface area contributed by atoms with Crippen molar-refractivity contribution < 1.29 is 13.9 Å². The smallest absolute Gasteiger partial charge is 0.309 e. The van der Waals surface area contributed by atoms with Gasteiger partial charge in [-0.15, -0.1) is 0 Å². The fraction of sp³-hybridized carbons (Fsp3) is 0.727. The summed E-state index contributed by atoms with van der Waals surface area (Å²) in [4.78, 5) is 12.4. The van der Waals surface area contributed by atoms with Crippen LogP contribution in [0.3, 0.4) is 0 Å². The maximum absolute atomic E-state index is 12.6. The minimum absolute atomic E-state index is 0.0391. The highest BCUT2D eigenvalue weighted by atomic mass is 19.1. The lowest BCUT2D eigenvalue weighted by Gasteiger charge is -2.31. The van der Waals surface area contributed by atoms with Gasteiger partial charge in [0.05, 0.1) is 5.92 Å². The Morgan fingerprint density at radius 1 is 1.12 bits per heavy atom. The Hall–Kier alpha value is -1.63. The van der Waals surface area contributed by atoms with Gasteiger partial charge >= 0.3 is 5.97 Å². The number of esters is 1. The lowest BCUT2D eigenvalue weighted by Crippen LogP contribution is -2.30. The van der Waals surface area contributed by atoms with Gasteiger partial charge in [0, 0.05) is 0 Å². The quantitative estimate of drug-likeness (QED) is 0.316. The van der Waals surface area contributed by atoms with Gasteiger partial charge in [0.1, 0.15) is 12.2 Å². The third kappa shape index (κ3) is 6.94. The SMILES string of the molecule is CC[C@H]1CC[C@H](C(=O)O[C@H]2CC[C@H](CCC=CC=C(F)C#N)CC2)CC1. The number of hydrogen-bond donors (Lipinski definition) is 0. The lowest BCUT2D eigenvalue weighted by molar-refractivity contribution is -0.157. The summed E-state index contributed by atoms with van der Waals surface area (Å²) >= 11 is 0. The van der Waals surface area contributed by atoms with Crippen LogP contribution in [-0.2, 0) is 9.53 Å². The average Bonchev–Trinajstić information content (AvgIpc) is 2.68. The number of nitriles is 1. The number of halogens is 1. The van der Waals surface area contributed by atoms with E-state index in [1.54, 1.807) is 6.08 Å². The van der Waals surface area contributed by atoms with E-state index in [-0.39, 0.29) is 18.0 Å². The van der Waals surface area contributed by atoms with Crippen LogP contribution < -0.4 is 0 Å². The van der Waals surface area contributed by atoms with Crippen LogP contribution in [0.4, 0.5) is 4.39 Å². The van der Waals surface area contributed by atoms with E-state index in [4.69, 9.17) is 10.00 Å². The van der Waals surface area contributed by atoms with Gasteiger partial charge in [-0.05, 0) is 82.1 Å². The number of hydrogen-bond acceptors (Lipinski definition) is 3. The topological polar surface area (TPSA) is 50.1 Å². The third-order valence-electron chi connectivity index (χ3n) is 6.06. The molecule has 3 nitrogen and oxygen atoms in total. The van der Waals surface area contributed by atoms with Gasteiger partial charge in [0.15, 0.2) is 5.83 Å². The summed E-state index contributed by atoms with van der Waals surface area (Å²) in [5.74, 6) is 0.862. The molecule has 0 spiro atoms. The summed E-state index contributed by atoms with van der Waals surface area (Å²) in [6, 6.07) is 1.46. The first kappa shape index (κ1) is 20.7. The van der Waals surface area contributed by atoms with E-state index >= 15 is 0 Å². The minimum atomic E-state index is -0.758. The van der Waals surface area contributed by atoms with Crippen molar-refractivity contribution in [2.75, 3.05) is 0 Å². The molecule has 4 heteroatoms. The van der Waals surface area contributed by atoms with Gasteiger partial charge in [-0.2, -0.15) is 9.65 Å². The second kappa shape index (κ2) is 11.2. The van der Waals surface area contributed by atoms with Crippen LogP contribution in [-0.4, -0.2) is 12.1 Å². The van der Waals surface area contributed by atoms with Crippen molar-refractivity contribution in [1.29, 1.82) is 5.26 Å². The van der Waals surface area contributed by atoms with Crippen LogP contribution in [0, 0.1) is 29.1 Å². The monoisotopic (exact) mass is 361 g/mol. The van der Waals surface area contributed by atoms with Crippen LogP contribution in [0.15, 0.2) is 24.1 Å². The zero-order chi connectivity index (χ0) is 18.8. The Kier molecular flexibility index (Phi) is 8.88. The first-order valence-electron chi connectivity index (χ1n) is 10.2. The molecule has 144 valence electrons. The highest BCUT2D eigenvalue weighted by Crippen LogP contribution is 2.34. The van der Waals surface area contributed by atoms with Crippen molar-refractivity contribution in [1.82, 2.24) is 0 Å². The molecule has 2 fully saturated rings. The number of allylic oxidation sites excluding steroid dienone is 4. The van der Waals surface area contributed by atoms with Crippen LogP contribution in [0.25, 0.3) is 0 Å². The molecule has 0 aromatic heterocycles. The van der Waals surface area contributed by atoms with Crippen molar-refractivity contribution in [3.8, 4) is 6.07 Å². The number of carbonyl (C=O) groups excluding carboxylic acids is 1. The fourth-order valence-corrected chi connectivity index (χ4v) is 4.22. The highest BCUT2D eigenvalue weighted by Gasteiger charge is 2.30. The molecule has 0 radical (unpaired) electrons. The summed E-state index contributed by atoms with van der Waals surface area (Å²) < 4.78 is 18.4. The van der Waals surface area contributed by atoms with E-state index in [9.17, 15) is 9.18 Å². The molecule has 0 aliphatic heterocycles. The Labute approximate surface area is 157 Å². The van der Waals surface area contributed by atoms with Gasteiger partial charge in [0.2, 0.25) is 0 Å². The molecule has 0 N–H and O–H groups in total. The van der Waals surface area contributed by atoms with Crippen LogP contribution in [0.1, 0.15) is 77.6 Å². The fourth-order valence-electron chi connectivity index (χ4n) is 4.22. The molecule has 0 heterocycles. The molecular formula is C22H32FNO2. The Bertz CT molecular complexity index is 533. The molecule has 26 heavy (non-hydrogen) atoms. The van der Waals surface area contributed by atoms with Gasteiger partial charge in [-0.1, -0.05) is 25.5 Å². The Morgan fingerprint density at radius 3 is 2.38 bits per heavy atom. The highest BCUT2D eigenvalue weighted by molar-refractivity contribution is 5.72. The molecule has 0 aromatic carbocycles. The normalized spacial score (nSPS) is 30.1. The van der Waals surface area contributed by atoms with Crippen molar-refractivity contribution in [2.24, 2.45) is 17.8 Å². The van der Waals surface area contributed by atoms with Crippen LogP contribution in [0.2, 0.25) is 0 Å². The van der Waals surface area contributed by atoms with Gasteiger partial charge in [-0.25, -0.2) is 0 Å². The van der Waals surface area contributed by atoms with Gasteiger partial charge < -0.3 is 4.74 Å². The van der Waals surface area contributed by atoms with E-state index in [1.165, 1.54) is 31.4 Å². The second-order valence-corrected chi connectivity index (χ2v) is 7.84. The zero-order valence-electron chi connectivity index (χ0n) is 16.0. The third-order valence-corrected chi connectivity index (χ3v) is 6.06. The molecule has 0 atom stereocenters. The molecule has 0 aromatic rings.